The van der Waals surface area contributed by atoms with E-state index >= 15 is 0 Å². The monoisotopic (exact) mass is 329 g/mol. The highest BCUT2D eigenvalue weighted by Gasteiger charge is 2.28. The van der Waals surface area contributed by atoms with Crippen LogP contribution in [-0.4, -0.2) is 29.3 Å². The molecule has 0 bridgehead atoms. The molecule has 1 heterocycles. The molecule has 6 nitrogen and oxygen atoms in total. The summed E-state index contributed by atoms with van der Waals surface area (Å²) in [4.78, 5) is 38.8. The molecule has 0 radical (unpaired) electrons. The van der Waals surface area contributed by atoms with Crippen LogP contribution in [0.3, 0.4) is 0 Å². The number of rotatable bonds is 7. The number of hydrogen-bond donors (Lipinski definition) is 1. The van der Waals surface area contributed by atoms with Crippen LogP contribution < -0.4 is 4.74 Å². The van der Waals surface area contributed by atoms with Crippen LogP contribution in [0.4, 0.5) is 0 Å². The molecule has 126 valence electrons. The summed E-state index contributed by atoms with van der Waals surface area (Å²) in [6, 6.07) is 11.8. The first-order valence-corrected chi connectivity index (χ1v) is 7.73. The van der Waals surface area contributed by atoms with Gasteiger partial charge in [0, 0.05) is 11.6 Å². The Morgan fingerprint density at radius 2 is 1.71 bits per heavy atom. The topological polar surface area (TPSA) is 85.5 Å². The van der Waals surface area contributed by atoms with Gasteiger partial charge in [-0.2, -0.15) is 0 Å². The summed E-state index contributed by atoms with van der Waals surface area (Å²) in [5.41, 5.74) is 0.823. The largest absolute Gasteiger partial charge is 0.465 e. The van der Waals surface area contributed by atoms with E-state index < -0.39 is 17.9 Å². The Bertz CT molecular complexity index is 720. The summed E-state index contributed by atoms with van der Waals surface area (Å²) in [5.74, 6) is -2.41. The molecule has 24 heavy (non-hydrogen) atoms. The Labute approximate surface area is 139 Å². The van der Waals surface area contributed by atoms with Crippen LogP contribution >= 0.6 is 0 Å². The van der Waals surface area contributed by atoms with E-state index in [0.717, 1.165) is 0 Å². The standard InChI is InChI=1S/C18H19NO5/c1-3-13(17(21)23-4-2)18(22)24-15-11-10-14(19-15)16(20)12-8-6-5-7-9-12/h5-11,13,19H,3-4H2,1-2H3. The Balaban J connectivity index is 2.07. The summed E-state index contributed by atoms with van der Waals surface area (Å²) >= 11 is 0. The molecule has 0 saturated carbocycles. The van der Waals surface area contributed by atoms with Gasteiger partial charge < -0.3 is 14.5 Å². The van der Waals surface area contributed by atoms with E-state index in [9.17, 15) is 14.4 Å². The molecule has 1 unspecified atom stereocenters. The number of carbonyl (C=O) groups excluding carboxylic acids is 3. The van der Waals surface area contributed by atoms with Gasteiger partial charge in [0.2, 0.25) is 11.7 Å². The van der Waals surface area contributed by atoms with E-state index in [1.807, 2.05) is 6.07 Å². The van der Waals surface area contributed by atoms with Crippen LogP contribution in [0.5, 0.6) is 5.88 Å². The number of esters is 2. The Morgan fingerprint density at radius 3 is 2.33 bits per heavy atom. The number of aromatic amines is 1. The second-order valence-corrected chi connectivity index (χ2v) is 5.07. The minimum absolute atomic E-state index is 0.113. The molecule has 0 saturated heterocycles. The van der Waals surface area contributed by atoms with Gasteiger partial charge in [-0.1, -0.05) is 37.3 Å². The van der Waals surface area contributed by atoms with E-state index in [1.54, 1.807) is 38.1 Å². The fourth-order valence-corrected chi connectivity index (χ4v) is 2.16. The first-order chi connectivity index (χ1) is 11.6. The van der Waals surface area contributed by atoms with Gasteiger partial charge >= 0.3 is 11.9 Å². The normalized spacial score (nSPS) is 11.6. The summed E-state index contributed by atoms with van der Waals surface area (Å²) < 4.78 is 10.0. The SMILES string of the molecule is CCOC(=O)C(CC)C(=O)Oc1ccc(C(=O)c2ccccc2)[nH]1. The van der Waals surface area contributed by atoms with Crippen LogP contribution in [0.15, 0.2) is 42.5 Å². The highest BCUT2D eigenvalue weighted by atomic mass is 16.6. The van der Waals surface area contributed by atoms with Crippen molar-refractivity contribution in [2.45, 2.75) is 20.3 Å². The average Bonchev–Trinajstić information content (AvgIpc) is 3.04. The van der Waals surface area contributed by atoms with Crippen molar-refractivity contribution in [3.05, 3.63) is 53.7 Å². The molecule has 1 atom stereocenters. The predicted octanol–water partition coefficient (Wildman–Crippen LogP) is 2.74. The van der Waals surface area contributed by atoms with Crippen LogP contribution in [0.2, 0.25) is 0 Å². The van der Waals surface area contributed by atoms with Gasteiger partial charge in [-0.25, -0.2) is 0 Å². The molecular formula is C18H19NO5. The fraction of sp³-hybridized carbons (Fsp3) is 0.278. The van der Waals surface area contributed by atoms with Crippen molar-refractivity contribution >= 4 is 17.7 Å². The lowest BCUT2D eigenvalue weighted by molar-refractivity contribution is -0.157. The van der Waals surface area contributed by atoms with Crippen molar-refractivity contribution in [1.29, 1.82) is 0 Å². The molecule has 1 N–H and O–H groups in total. The fourth-order valence-electron chi connectivity index (χ4n) is 2.16. The summed E-state index contributed by atoms with van der Waals surface area (Å²) in [7, 11) is 0. The lowest BCUT2D eigenvalue weighted by Crippen LogP contribution is -2.29. The number of hydrogen-bond acceptors (Lipinski definition) is 5. The second-order valence-electron chi connectivity index (χ2n) is 5.07. The molecule has 0 fully saturated rings. The van der Waals surface area contributed by atoms with Crippen molar-refractivity contribution in [3.63, 3.8) is 0 Å². The minimum atomic E-state index is -0.985. The van der Waals surface area contributed by atoms with Crippen molar-refractivity contribution in [2.75, 3.05) is 6.61 Å². The van der Waals surface area contributed by atoms with E-state index in [-0.39, 0.29) is 24.7 Å². The van der Waals surface area contributed by atoms with Gasteiger partial charge in [-0.05, 0) is 19.4 Å². The molecular weight excluding hydrogens is 310 g/mol. The first-order valence-electron chi connectivity index (χ1n) is 7.73. The van der Waals surface area contributed by atoms with Crippen molar-refractivity contribution < 1.29 is 23.9 Å². The Hall–Kier alpha value is -2.89. The maximum absolute atomic E-state index is 12.3. The third-order valence-electron chi connectivity index (χ3n) is 3.41. The van der Waals surface area contributed by atoms with E-state index in [4.69, 9.17) is 9.47 Å². The summed E-state index contributed by atoms with van der Waals surface area (Å²) in [6.45, 7) is 3.56. The number of H-pyrrole nitrogens is 1. The van der Waals surface area contributed by atoms with Crippen LogP contribution in [0, 0.1) is 5.92 Å². The molecule has 6 heteroatoms. The third-order valence-corrected chi connectivity index (χ3v) is 3.41. The molecule has 1 aromatic carbocycles. The Kier molecular flexibility index (Phi) is 5.89. The van der Waals surface area contributed by atoms with Crippen molar-refractivity contribution in [3.8, 4) is 5.88 Å². The number of carbonyl (C=O) groups is 3. The van der Waals surface area contributed by atoms with Gasteiger partial charge in [-0.15, -0.1) is 0 Å². The van der Waals surface area contributed by atoms with Gasteiger partial charge in [0.15, 0.2) is 5.92 Å². The zero-order valence-electron chi connectivity index (χ0n) is 13.6. The van der Waals surface area contributed by atoms with Crippen molar-refractivity contribution in [1.82, 2.24) is 4.98 Å². The highest BCUT2D eigenvalue weighted by molar-refractivity contribution is 6.08. The summed E-state index contributed by atoms with van der Waals surface area (Å²) in [5, 5.41) is 0. The molecule has 0 aliphatic rings. The van der Waals surface area contributed by atoms with Crippen molar-refractivity contribution in [2.24, 2.45) is 5.92 Å². The van der Waals surface area contributed by atoms with Crippen LogP contribution in [-0.2, 0) is 14.3 Å². The number of benzene rings is 1. The molecule has 0 spiro atoms. The third kappa shape index (κ3) is 4.10. The van der Waals surface area contributed by atoms with E-state index in [0.29, 0.717) is 11.3 Å². The number of ketones is 1. The minimum Gasteiger partial charge on any atom is -0.465 e. The van der Waals surface area contributed by atoms with E-state index in [2.05, 4.69) is 4.98 Å². The lowest BCUT2D eigenvalue weighted by atomic mass is 10.1. The van der Waals surface area contributed by atoms with Crippen LogP contribution in [0.25, 0.3) is 0 Å². The number of aromatic nitrogens is 1. The average molecular weight is 329 g/mol. The van der Waals surface area contributed by atoms with Crippen LogP contribution in [0.1, 0.15) is 36.3 Å². The molecule has 2 aromatic rings. The molecule has 1 aromatic heterocycles. The Morgan fingerprint density at radius 1 is 1.00 bits per heavy atom. The predicted molar refractivity (Wildman–Crippen MR) is 86.7 cm³/mol. The van der Waals surface area contributed by atoms with Gasteiger partial charge in [-0.3, -0.25) is 14.4 Å². The second kappa shape index (κ2) is 8.10. The number of nitrogens with one attached hydrogen (secondary N) is 1. The summed E-state index contributed by atoms with van der Waals surface area (Å²) in [6.07, 6.45) is 0.272. The maximum atomic E-state index is 12.3. The van der Waals surface area contributed by atoms with Gasteiger partial charge in [0.05, 0.1) is 12.3 Å². The molecule has 0 aliphatic heterocycles. The molecule has 2 rings (SSSR count). The zero-order valence-corrected chi connectivity index (χ0v) is 13.6. The van der Waals surface area contributed by atoms with Gasteiger partial charge in [0.25, 0.3) is 0 Å². The molecule has 0 aliphatic carbocycles. The van der Waals surface area contributed by atoms with E-state index in [1.165, 1.54) is 12.1 Å². The smallest absolute Gasteiger partial charge is 0.326 e. The number of ether oxygens (including phenoxy) is 2. The maximum Gasteiger partial charge on any atom is 0.326 e. The first kappa shape index (κ1) is 17.5. The highest BCUT2D eigenvalue weighted by Crippen LogP contribution is 2.17. The molecule has 0 amide bonds. The zero-order chi connectivity index (χ0) is 17.5. The lowest BCUT2D eigenvalue weighted by Gasteiger charge is -2.11. The van der Waals surface area contributed by atoms with Gasteiger partial charge in [0.1, 0.15) is 0 Å². The quantitative estimate of drug-likeness (QED) is 0.479.